The van der Waals surface area contributed by atoms with Crippen molar-refractivity contribution in [2.24, 2.45) is 0 Å². The van der Waals surface area contributed by atoms with Crippen LogP contribution in [0.1, 0.15) is 16.7 Å². The fraction of sp³-hybridized carbons (Fsp3) is 0.345. The van der Waals surface area contributed by atoms with E-state index < -0.39 is 10.0 Å². The van der Waals surface area contributed by atoms with Crippen LogP contribution in [0.4, 0.5) is 5.69 Å². The van der Waals surface area contributed by atoms with Gasteiger partial charge in [0.2, 0.25) is 15.9 Å². The average Bonchev–Trinajstić information content (AvgIpc) is 2.92. The number of carbonyl (C=O) groups excluding carboxylic acids is 1. The summed E-state index contributed by atoms with van der Waals surface area (Å²) >= 11 is 6.21. The highest BCUT2D eigenvalue weighted by Crippen LogP contribution is 2.29. The third-order valence-electron chi connectivity index (χ3n) is 6.89. The summed E-state index contributed by atoms with van der Waals surface area (Å²) in [6, 6.07) is 20.5. The first-order chi connectivity index (χ1) is 18.2. The molecule has 1 heterocycles. The van der Waals surface area contributed by atoms with Crippen LogP contribution in [0, 0.1) is 13.8 Å². The predicted octanol–water partition coefficient (Wildman–Crippen LogP) is 4.55. The van der Waals surface area contributed by atoms with Crippen molar-refractivity contribution < 1.29 is 17.9 Å². The van der Waals surface area contributed by atoms with E-state index in [4.69, 9.17) is 16.3 Å². The summed E-state index contributed by atoms with van der Waals surface area (Å²) in [7, 11) is -2.55. The van der Waals surface area contributed by atoms with Gasteiger partial charge in [-0.25, -0.2) is 8.42 Å². The molecule has 7 nitrogen and oxygen atoms in total. The van der Waals surface area contributed by atoms with Gasteiger partial charge in [0.15, 0.2) is 0 Å². The van der Waals surface area contributed by atoms with E-state index in [0.29, 0.717) is 37.6 Å². The van der Waals surface area contributed by atoms with Crippen molar-refractivity contribution >= 4 is 33.2 Å². The van der Waals surface area contributed by atoms with Crippen molar-refractivity contribution in [3.05, 3.63) is 88.4 Å². The van der Waals surface area contributed by atoms with Gasteiger partial charge in [0, 0.05) is 43.4 Å². The number of hydrogen-bond donors (Lipinski definition) is 0. The Morgan fingerprint density at radius 1 is 0.974 bits per heavy atom. The predicted molar refractivity (Wildman–Crippen MR) is 152 cm³/mol. The highest BCUT2D eigenvalue weighted by Gasteiger charge is 2.32. The monoisotopic (exact) mass is 555 g/mol. The molecule has 1 aliphatic heterocycles. The molecule has 3 aromatic rings. The van der Waals surface area contributed by atoms with Crippen molar-refractivity contribution in [1.82, 2.24) is 9.21 Å². The zero-order chi connectivity index (χ0) is 27.3. The molecule has 202 valence electrons. The first-order valence-electron chi connectivity index (χ1n) is 12.7. The standard InChI is InChI=1S/C29H34ClN3O4S/c1-22-9-12-27(37-3)28(19-22)38(35,36)33(14-13-24-7-5-4-6-8-24)21-29(34)32-17-15-31(16-18-32)26-20-25(30)11-10-23(26)2/h4-12,19-20H,13-18,21H2,1-3H3. The molecule has 0 saturated carbocycles. The second kappa shape index (κ2) is 12.2. The Balaban J connectivity index is 1.52. The molecule has 1 aliphatic rings. The lowest BCUT2D eigenvalue weighted by Gasteiger charge is -2.37. The first-order valence-corrected chi connectivity index (χ1v) is 14.5. The van der Waals surface area contributed by atoms with Crippen molar-refractivity contribution in [3.8, 4) is 5.75 Å². The maximum atomic E-state index is 13.9. The molecule has 0 N–H and O–H groups in total. The zero-order valence-corrected chi connectivity index (χ0v) is 23.6. The van der Waals surface area contributed by atoms with Crippen LogP contribution in [-0.4, -0.2) is 69.9 Å². The third kappa shape index (κ3) is 6.49. The van der Waals surface area contributed by atoms with E-state index in [9.17, 15) is 13.2 Å². The number of halogens is 1. The summed E-state index contributed by atoms with van der Waals surface area (Å²) in [5.74, 6) is 0.0500. The molecular weight excluding hydrogens is 522 g/mol. The van der Waals surface area contributed by atoms with Gasteiger partial charge in [0.1, 0.15) is 10.6 Å². The van der Waals surface area contributed by atoms with Crippen LogP contribution in [0.15, 0.2) is 71.6 Å². The van der Waals surface area contributed by atoms with Gasteiger partial charge in [0.05, 0.1) is 13.7 Å². The maximum absolute atomic E-state index is 13.9. The molecule has 4 rings (SSSR count). The summed E-state index contributed by atoms with van der Waals surface area (Å²) in [5.41, 5.74) is 3.98. The van der Waals surface area contributed by atoms with Crippen LogP contribution in [-0.2, 0) is 21.2 Å². The smallest absolute Gasteiger partial charge is 0.247 e. The van der Waals surface area contributed by atoms with Crippen molar-refractivity contribution in [2.45, 2.75) is 25.2 Å². The molecule has 1 amide bonds. The van der Waals surface area contributed by atoms with E-state index in [1.54, 1.807) is 23.1 Å². The van der Waals surface area contributed by atoms with Gasteiger partial charge < -0.3 is 14.5 Å². The van der Waals surface area contributed by atoms with E-state index in [1.807, 2.05) is 62.4 Å². The Morgan fingerprint density at radius 2 is 1.68 bits per heavy atom. The quantitative estimate of drug-likeness (QED) is 0.387. The fourth-order valence-corrected chi connectivity index (χ4v) is 6.48. The minimum Gasteiger partial charge on any atom is -0.495 e. The Morgan fingerprint density at radius 3 is 2.37 bits per heavy atom. The number of piperazine rings is 1. The van der Waals surface area contributed by atoms with Crippen LogP contribution in [0.25, 0.3) is 0 Å². The Labute approximate surface area is 230 Å². The van der Waals surface area contributed by atoms with E-state index in [2.05, 4.69) is 4.90 Å². The van der Waals surface area contributed by atoms with Gasteiger partial charge >= 0.3 is 0 Å². The Kier molecular flexibility index (Phi) is 8.97. The molecule has 0 spiro atoms. The van der Waals surface area contributed by atoms with Crippen molar-refractivity contribution in [3.63, 3.8) is 0 Å². The van der Waals surface area contributed by atoms with E-state index in [0.717, 1.165) is 22.4 Å². The molecule has 0 bridgehead atoms. The first kappa shape index (κ1) is 28.0. The average molecular weight is 556 g/mol. The fourth-order valence-electron chi connectivity index (χ4n) is 4.68. The third-order valence-corrected chi connectivity index (χ3v) is 8.99. The number of rotatable bonds is 9. The summed E-state index contributed by atoms with van der Waals surface area (Å²) in [4.78, 5) is 17.5. The second-order valence-electron chi connectivity index (χ2n) is 9.53. The van der Waals surface area contributed by atoms with Gasteiger partial charge in [-0.1, -0.05) is 54.1 Å². The van der Waals surface area contributed by atoms with Crippen molar-refractivity contribution in [2.75, 3.05) is 51.3 Å². The minimum atomic E-state index is -4.00. The number of anilines is 1. The molecule has 0 radical (unpaired) electrons. The number of ether oxygens (including phenoxy) is 1. The molecule has 1 fully saturated rings. The largest absolute Gasteiger partial charge is 0.495 e. The minimum absolute atomic E-state index is 0.0714. The number of amides is 1. The number of sulfonamides is 1. The number of nitrogens with zero attached hydrogens (tertiary/aromatic N) is 3. The summed E-state index contributed by atoms with van der Waals surface area (Å²) < 4.78 is 34.4. The van der Waals surface area contributed by atoms with E-state index in [1.165, 1.54) is 11.4 Å². The molecule has 38 heavy (non-hydrogen) atoms. The van der Waals surface area contributed by atoms with Crippen LogP contribution in [0.2, 0.25) is 5.02 Å². The van der Waals surface area contributed by atoms with Crippen LogP contribution in [0.5, 0.6) is 5.75 Å². The molecule has 0 aromatic heterocycles. The molecular formula is C29H34ClN3O4S. The molecule has 1 saturated heterocycles. The maximum Gasteiger partial charge on any atom is 0.247 e. The number of methoxy groups -OCH3 is 1. The van der Waals surface area contributed by atoms with E-state index >= 15 is 0 Å². The molecule has 0 atom stereocenters. The van der Waals surface area contributed by atoms with Gasteiger partial charge in [-0.15, -0.1) is 0 Å². The zero-order valence-electron chi connectivity index (χ0n) is 22.1. The molecule has 9 heteroatoms. The Bertz CT molecular complexity index is 1370. The highest BCUT2D eigenvalue weighted by molar-refractivity contribution is 7.89. The number of carbonyl (C=O) groups is 1. The van der Waals surface area contributed by atoms with Gasteiger partial charge in [0.25, 0.3) is 0 Å². The topological polar surface area (TPSA) is 70.2 Å². The number of aryl methyl sites for hydroxylation is 2. The van der Waals surface area contributed by atoms with Gasteiger partial charge in [-0.3, -0.25) is 4.79 Å². The van der Waals surface area contributed by atoms with Crippen LogP contribution >= 0.6 is 11.6 Å². The number of hydrogen-bond acceptors (Lipinski definition) is 5. The van der Waals surface area contributed by atoms with Gasteiger partial charge in [-0.05, 0) is 61.2 Å². The summed E-state index contributed by atoms with van der Waals surface area (Å²) in [6.45, 7) is 6.12. The summed E-state index contributed by atoms with van der Waals surface area (Å²) in [6.07, 6.45) is 0.489. The van der Waals surface area contributed by atoms with E-state index in [-0.39, 0.29) is 29.6 Å². The Hall–Kier alpha value is -3.07. The second-order valence-corrected chi connectivity index (χ2v) is 11.9. The van der Waals surface area contributed by atoms with Crippen LogP contribution in [0.3, 0.4) is 0 Å². The van der Waals surface area contributed by atoms with Gasteiger partial charge in [-0.2, -0.15) is 4.31 Å². The molecule has 0 unspecified atom stereocenters. The highest BCUT2D eigenvalue weighted by atomic mass is 35.5. The SMILES string of the molecule is COc1ccc(C)cc1S(=O)(=O)N(CCc1ccccc1)CC(=O)N1CCN(c2cc(Cl)ccc2C)CC1. The number of benzene rings is 3. The van der Waals surface area contributed by atoms with Crippen LogP contribution < -0.4 is 9.64 Å². The lowest BCUT2D eigenvalue weighted by Crippen LogP contribution is -2.52. The lowest BCUT2D eigenvalue weighted by atomic mass is 10.1. The van der Waals surface area contributed by atoms with Crippen molar-refractivity contribution in [1.29, 1.82) is 0 Å². The summed E-state index contributed by atoms with van der Waals surface area (Å²) in [5, 5.41) is 0.676. The lowest BCUT2D eigenvalue weighted by molar-refractivity contribution is -0.131. The molecule has 0 aliphatic carbocycles. The molecule has 3 aromatic carbocycles. The normalized spacial score (nSPS) is 14.1.